The van der Waals surface area contributed by atoms with Crippen molar-refractivity contribution in [1.29, 1.82) is 0 Å². The minimum Gasteiger partial charge on any atom is -0.493 e. The number of cyclic esters (lactones) is 1. The molecule has 0 aliphatic carbocycles. The van der Waals surface area contributed by atoms with Crippen LogP contribution in [0.25, 0.3) is 6.08 Å². The summed E-state index contributed by atoms with van der Waals surface area (Å²) < 4.78 is 15.5. The predicted molar refractivity (Wildman–Crippen MR) is 101 cm³/mol. The number of carbonyl (C=O) groups excluding carboxylic acids is 2. The lowest BCUT2D eigenvalue weighted by Crippen LogP contribution is -2.39. The number of hydrogen-bond acceptors (Lipinski definition) is 5. The fourth-order valence-corrected chi connectivity index (χ4v) is 2.97. The molecule has 3 rings (SSSR count). The van der Waals surface area contributed by atoms with Crippen LogP contribution in [0.1, 0.15) is 11.1 Å². The first-order valence-corrected chi connectivity index (χ1v) is 8.56. The summed E-state index contributed by atoms with van der Waals surface area (Å²) in [5.41, 5.74) is 1.80. The summed E-state index contributed by atoms with van der Waals surface area (Å²) in [6, 6.07) is 14.7. The molecule has 140 valence electrons. The van der Waals surface area contributed by atoms with E-state index in [0.29, 0.717) is 17.9 Å². The van der Waals surface area contributed by atoms with Crippen LogP contribution in [0, 0.1) is 0 Å². The maximum absolute atomic E-state index is 12.6. The van der Waals surface area contributed by atoms with Crippen molar-refractivity contribution >= 4 is 18.1 Å². The van der Waals surface area contributed by atoms with E-state index < -0.39 is 12.0 Å². The Labute approximate surface area is 158 Å². The van der Waals surface area contributed by atoms with Gasteiger partial charge in [-0.05, 0) is 35.8 Å². The summed E-state index contributed by atoms with van der Waals surface area (Å²) >= 11 is 0. The first-order chi connectivity index (χ1) is 13.1. The Kier molecular flexibility index (Phi) is 5.76. The molecule has 6 heteroatoms. The largest absolute Gasteiger partial charge is 0.493 e. The lowest BCUT2D eigenvalue weighted by atomic mass is 10.1. The SMILES string of the molecule is COc1ccc(/C=C/C(=O)N2C(=O)OC[C@@H]2Cc2ccccc2)cc1OC. The zero-order valence-corrected chi connectivity index (χ0v) is 15.3. The average Bonchev–Trinajstić information content (AvgIpc) is 3.06. The van der Waals surface area contributed by atoms with Crippen LogP contribution in [0.5, 0.6) is 11.5 Å². The molecule has 1 aliphatic rings. The van der Waals surface area contributed by atoms with Crippen molar-refractivity contribution in [3.8, 4) is 11.5 Å². The highest BCUT2D eigenvalue weighted by molar-refractivity contribution is 6.02. The summed E-state index contributed by atoms with van der Waals surface area (Å²) in [5, 5.41) is 0. The molecule has 0 bridgehead atoms. The van der Waals surface area contributed by atoms with Gasteiger partial charge >= 0.3 is 6.09 Å². The monoisotopic (exact) mass is 367 g/mol. The van der Waals surface area contributed by atoms with Gasteiger partial charge in [0.25, 0.3) is 5.91 Å². The molecule has 0 unspecified atom stereocenters. The van der Waals surface area contributed by atoms with Crippen molar-refractivity contribution in [3.05, 3.63) is 65.7 Å². The van der Waals surface area contributed by atoms with Crippen LogP contribution in [0.15, 0.2) is 54.6 Å². The van der Waals surface area contributed by atoms with E-state index in [0.717, 1.165) is 11.1 Å². The summed E-state index contributed by atoms with van der Waals surface area (Å²) in [6.07, 6.45) is 2.95. The van der Waals surface area contributed by atoms with Crippen LogP contribution in [0.2, 0.25) is 0 Å². The summed E-state index contributed by atoms with van der Waals surface area (Å²) in [7, 11) is 3.10. The smallest absolute Gasteiger partial charge is 0.417 e. The highest BCUT2D eigenvalue weighted by Gasteiger charge is 2.36. The van der Waals surface area contributed by atoms with Crippen molar-refractivity contribution in [1.82, 2.24) is 4.90 Å². The molecule has 6 nitrogen and oxygen atoms in total. The van der Waals surface area contributed by atoms with Crippen LogP contribution in [-0.2, 0) is 16.0 Å². The summed E-state index contributed by atoms with van der Waals surface area (Å²) in [6.45, 7) is 0.198. The van der Waals surface area contributed by atoms with Gasteiger partial charge in [-0.15, -0.1) is 0 Å². The van der Waals surface area contributed by atoms with Gasteiger partial charge in [0.2, 0.25) is 0 Å². The van der Waals surface area contributed by atoms with Crippen LogP contribution in [0.3, 0.4) is 0 Å². The third-order valence-electron chi connectivity index (χ3n) is 4.34. The molecule has 1 saturated heterocycles. The predicted octanol–water partition coefficient (Wildman–Crippen LogP) is 3.31. The van der Waals surface area contributed by atoms with Gasteiger partial charge in [-0.2, -0.15) is 0 Å². The van der Waals surface area contributed by atoms with Crippen LogP contribution in [0.4, 0.5) is 4.79 Å². The Hall–Kier alpha value is -3.28. The fraction of sp³-hybridized carbons (Fsp3) is 0.238. The highest BCUT2D eigenvalue weighted by atomic mass is 16.6. The minimum atomic E-state index is -0.613. The average molecular weight is 367 g/mol. The second-order valence-electron chi connectivity index (χ2n) is 6.08. The molecule has 1 fully saturated rings. The zero-order chi connectivity index (χ0) is 19.2. The topological polar surface area (TPSA) is 65.1 Å². The molecule has 0 spiro atoms. The van der Waals surface area contributed by atoms with Gasteiger partial charge in [0.15, 0.2) is 11.5 Å². The molecular formula is C21H21NO5. The minimum absolute atomic E-state index is 0.198. The van der Waals surface area contributed by atoms with E-state index in [2.05, 4.69) is 0 Å². The Morgan fingerprint density at radius 3 is 2.59 bits per heavy atom. The standard InChI is InChI=1S/C21H21NO5/c1-25-18-10-8-16(13-19(18)26-2)9-11-20(23)22-17(14-27-21(22)24)12-15-6-4-3-5-7-15/h3-11,13,17H,12,14H2,1-2H3/b11-9+/t17-/m0/s1. The number of ether oxygens (including phenoxy) is 3. The Bertz CT molecular complexity index is 847. The zero-order valence-electron chi connectivity index (χ0n) is 15.3. The van der Waals surface area contributed by atoms with Crippen molar-refractivity contribution in [2.75, 3.05) is 20.8 Å². The quantitative estimate of drug-likeness (QED) is 0.733. The van der Waals surface area contributed by atoms with Crippen molar-refractivity contribution in [2.24, 2.45) is 0 Å². The first-order valence-electron chi connectivity index (χ1n) is 8.56. The van der Waals surface area contributed by atoms with E-state index in [1.54, 1.807) is 38.5 Å². The number of imide groups is 1. The normalized spacial score (nSPS) is 16.4. The van der Waals surface area contributed by atoms with Gasteiger partial charge in [0.1, 0.15) is 6.61 Å². The van der Waals surface area contributed by atoms with Crippen molar-refractivity contribution < 1.29 is 23.8 Å². The number of carbonyl (C=O) groups is 2. The Morgan fingerprint density at radius 2 is 1.89 bits per heavy atom. The maximum atomic E-state index is 12.6. The first kappa shape index (κ1) is 18.5. The molecule has 0 N–H and O–H groups in total. The van der Waals surface area contributed by atoms with E-state index in [4.69, 9.17) is 14.2 Å². The van der Waals surface area contributed by atoms with E-state index in [1.165, 1.54) is 11.0 Å². The van der Waals surface area contributed by atoms with Crippen LogP contribution < -0.4 is 9.47 Å². The van der Waals surface area contributed by atoms with Gasteiger partial charge in [0, 0.05) is 6.08 Å². The summed E-state index contributed by atoms with van der Waals surface area (Å²) in [5.74, 6) is 0.759. The molecule has 27 heavy (non-hydrogen) atoms. The molecule has 2 aromatic carbocycles. The van der Waals surface area contributed by atoms with Gasteiger partial charge in [-0.25, -0.2) is 9.69 Å². The third-order valence-corrected chi connectivity index (χ3v) is 4.34. The molecule has 2 aromatic rings. The number of rotatable bonds is 6. The molecule has 0 saturated carbocycles. The number of benzene rings is 2. The number of methoxy groups -OCH3 is 2. The Balaban J connectivity index is 1.73. The van der Waals surface area contributed by atoms with Crippen LogP contribution >= 0.6 is 0 Å². The van der Waals surface area contributed by atoms with Gasteiger partial charge in [0.05, 0.1) is 20.3 Å². The van der Waals surface area contributed by atoms with Gasteiger partial charge < -0.3 is 14.2 Å². The van der Waals surface area contributed by atoms with E-state index in [9.17, 15) is 9.59 Å². The fourth-order valence-electron chi connectivity index (χ4n) is 2.97. The molecule has 1 heterocycles. The second kappa shape index (κ2) is 8.40. The molecule has 0 radical (unpaired) electrons. The van der Waals surface area contributed by atoms with E-state index in [-0.39, 0.29) is 12.6 Å². The van der Waals surface area contributed by atoms with E-state index >= 15 is 0 Å². The van der Waals surface area contributed by atoms with Crippen LogP contribution in [-0.4, -0.2) is 43.8 Å². The van der Waals surface area contributed by atoms with Crippen molar-refractivity contribution in [2.45, 2.75) is 12.5 Å². The lowest BCUT2D eigenvalue weighted by molar-refractivity contribution is -0.124. The number of hydrogen-bond donors (Lipinski definition) is 0. The molecule has 0 aromatic heterocycles. The molecule has 1 atom stereocenters. The Morgan fingerprint density at radius 1 is 1.15 bits per heavy atom. The maximum Gasteiger partial charge on any atom is 0.417 e. The van der Waals surface area contributed by atoms with Gasteiger partial charge in [-0.1, -0.05) is 36.4 Å². The number of amides is 2. The third kappa shape index (κ3) is 4.28. The van der Waals surface area contributed by atoms with Gasteiger partial charge in [-0.3, -0.25) is 4.79 Å². The van der Waals surface area contributed by atoms with E-state index in [1.807, 2.05) is 30.3 Å². The number of nitrogens with zero attached hydrogens (tertiary/aromatic N) is 1. The molecule has 2 amide bonds. The highest BCUT2D eigenvalue weighted by Crippen LogP contribution is 2.28. The van der Waals surface area contributed by atoms with Crippen molar-refractivity contribution in [3.63, 3.8) is 0 Å². The molecule has 1 aliphatic heterocycles. The summed E-state index contributed by atoms with van der Waals surface area (Å²) in [4.78, 5) is 25.8. The second-order valence-corrected chi connectivity index (χ2v) is 6.08. The lowest BCUT2D eigenvalue weighted by Gasteiger charge is -2.18. The molecular weight excluding hydrogens is 346 g/mol.